The van der Waals surface area contributed by atoms with E-state index in [0.29, 0.717) is 0 Å². The van der Waals surface area contributed by atoms with E-state index in [1.54, 1.807) is 0 Å². The summed E-state index contributed by atoms with van der Waals surface area (Å²) in [6.45, 7) is 4.69. The predicted octanol–water partition coefficient (Wildman–Crippen LogP) is 0.610. The Labute approximate surface area is 68.7 Å². The summed E-state index contributed by atoms with van der Waals surface area (Å²) >= 11 is 0. The van der Waals surface area contributed by atoms with Crippen LogP contribution in [0, 0.1) is 11.8 Å². The molecule has 0 amide bonds. The van der Waals surface area contributed by atoms with E-state index in [4.69, 9.17) is 0 Å². The van der Waals surface area contributed by atoms with E-state index in [0.717, 1.165) is 24.9 Å². The number of piperidine rings is 1. The lowest BCUT2D eigenvalue weighted by atomic mass is 9.84. The van der Waals surface area contributed by atoms with Crippen molar-refractivity contribution in [1.29, 1.82) is 0 Å². The summed E-state index contributed by atoms with van der Waals surface area (Å²) in [5, 5.41) is 7.95. The lowest BCUT2D eigenvalue weighted by Gasteiger charge is -2.29. The van der Waals surface area contributed by atoms with Gasteiger partial charge in [-0.3, -0.25) is 0 Å². The zero-order valence-corrected chi connectivity index (χ0v) is 7.05. The van der Waals surface area contributed by atoms with Gasteiger partial charge in [0.1, 0.15) is 0 Å². The lowest BCUT2D eigenvalue weighted by Crippen LogP contribution is -2.36. The minimum absolute atomic E-state index is 0.867. The summed E-state index contributed by atoms with van der Waals surface area (Å²) in [7, 11) is 0. The van der Waals surface area contributed by atoms with E-state index in [9.17, 15) is 0 Å². The first kappa shape index (κ1) is 7.56. The lowest BCUT2D eigenvalue weighted by molar-refractivity contribution is 0.249. The van der Waals surface area contributed by atoms with Gasteiger partial charge in [0.25, 0.3) is 0 Å². The molecule has 63 valence electrons. The Hall–Kier alpha value is -0.0800. The molecule has 2 fully saturated rings. The summed E-state index contributed by atoms with van der Waals surface area (Å²) in [4.78, 5) is 0. The fourth-order valence-electron chi connectivity index (χ4n) is 2.29. The van der Waals surface area contributed by atoms with E-state index in [2.05, 4.69) is 10.6 Å². The van der Waals surface area contributed by atoms with Crippen LogP contribution in [-0.4, -0.2) is 26.2 Å². The van der Waals surface area contributed by atoms with Gasteiger partial charge in [-0.25, -0.2) is 5.32 Å². The van der Waals surface area contributed by atoms with Gasteiger partial charge in [-0.2, -0.15) is 0 Å². The normalized spacial score (nSPS) is 39.3. The summed E-state index contributed by atoms with van der Waals surface area (Å²) in [5.74, 6) is 1.86. The van der Waals surface area contributed by atoms with Gasteiger partial charge in [-0.15, -0.1) is 0 Å². The second kappa shape index (κ2) is 3.55. The highest BCUT2D eigenvalue weighted by atomic mass is 14.9. The molecular formula is C9H17N2. The standard InChI is InChI=1S/C9H17N2/c1-2-8-3-5-11-7-9(8)6-10-4-1/h8-10H,1-7H2. The number of nitrogens with one attached hydrogen (secondary N) is 1. The van der Waals surface area contributed by atoms with Gasteiger partial charge in [0.15, 0.2) is 0 Å². The third-order valence-corrected chi connectivity index (χ3v) is 3.02. The number of hydrogen-bond donors (Lipinski definition) is 1. The number of fused-ring (bicyclic) bond motifs is 1. The fraction of sp³-hybridized carbons (Fsp3) is 1.00. The molecular weight excluding hydrogens is 136 g/mol. The van der Waals surface area contributed by atoms with Gasteiger partial charge >= 0.3 is 0 Å². The van der Waals surface area contributed by atoms with Crippen LogP contribution < -0.4 is 10.6 Å². The molecule has 0 aromatic carbocycles. The minimum Gasteiger partial charge on any atom is -0.316 e. The minimum atomic E-state index is 0.867. The number of hydrogen-bond acceptors (Lipinski definition) is 1. The highest BCUT2D eigenvalue weighted by Gasteiger charge is 2.26. The van der Waals surface area contributed by atoms with Crippen molar-refractivity contribution in [2.24, 2.45) is 11.8 Å². The van der Waals surface area contributed by atoms with Gasteiger partial charge in [0.05, 0.1) is 0 Å². The largest absolute Gasteiger partial charge is 0.316 e. The fourth-order valence-corrected chi connectivity index (χ4v) is 2.29. The Balaban J connectivity index is 1.93. The molecule has 2 heteroatoms. The molecule has 0 aromatic rings. The SMILES string of the molecule is C1CNCC2C[N]CCC2C1. The van der Waals surface area contributed by atoms with Crippen LogP contribution in [0.25, 0.3) is 0 Å². The molecule has 1 N–H and O–H groups in total. The predicted molar refractivity (Wildman–Crippen MR) is 45.6 cm³/mol. The molecule has 0 bridgehead atoms. The summed E-state index contributed by atoms with van der Waals surface area (Å²) in [6, 6.07) is 0. The van der Waals surface area contributed by atoms with E-state index < -0.39 is 0 Å². The maximum absolute atomic E-state index is 4.46. The first-order chi connectivity index (χ1) is 5.47. The molecule has 0 saturated carbocycles. The second-order valence-electron chi connectivity index (χ2n) is 3.78. The zero-order valence-electron chi connectivity index (χ0n) is 7.05. The third kappa shape index (κ3) is 1.74. The maximum Gasteiger partial charge on any atom is 0.0176 e. The molecule has 2 heterocycles. The monoisotopic (exact) mass is 153 g/mol. The molecule has 2 atom stereocenters. The molecule has 11 heavy (non-hydrogen) atoms. The molecule has 2 nitrogen and oxygen atoms in total. The first-order valence-corrected chi connectivity index (χ1v) is 4.81. The van der Waals surface area contributed by atoms with Crippen molar-refractivity contribution in [3.8, 4) is 0 Å². The van der Waals surface area contributed by atoms with Gasteiger partial charge in [0.2, 0.25) is 0 Å². The average Bonchev–Trinajstić information content (AvgIpc) is 2.28. The Bertz CT molecular complexity index is 111. The van der Waals surface area contributed by atoms with Gasteiger partial charge < -0.3 is 5.32 Å². The van der Waals surface area contributed by atoms with Crippen molar-refractivity contribution in [3.05, 3.63) is 0 Å². The molecule has 0 aliphatic carbocycles. The quantitative estimate of drug-likeness (QED) is 0.542. The number of rotatable bonds is 0. The molecule has 2 saturated heterocycles. The van der Waals surface area contributed by atoms with Crippen molar-refractivity contribution in [2.75, 3.05) is 26.2 Å². The molecule has 2 aliphatic heterocycles. The topological polar surface area (TPSA) is 26.1 Å². The molecule has 2 aliphatic rings. The van der Waals surface area contributed by atoms with Crippen LogP contribution >= 0.6 is 0 Å². The van der Waals surface area contributed by atoms with Crippen LogP contribution in [-0.2, 0) is 0 Å². The smallest absolute Gasteiger partial charge is 0.0176 e. The van der Waals surface area contributed by atoms with Crippen molar-refractivity contribution < 1.29 is 0 Å². The van der Waals surface area contributed by atoms with E-state index in [1.807, 2.05) is 0 Å². The maximum atomic E-state index is 4.46. The Morgan fingerprint density at radius 3 is 3.18 bits per heavy atom. The zero-order chi connectivity index (χ0) is 7.52. The van der Waals surface area contributed by atoms with Crippen LogP contribution in [0.2, 0.25) is 0 Å². The molecule has 1 radical (unpaired) electrons. The van der Waals surface area contributed by atoms with Gasteiger partial charge in [-0.05, 0) is 44.2 Å². The van der Waals surface area contributed by atoms with Gasteiger partial charge in [-0.1, -0.05) is 0 Å². The molecule has 2 rings (SSSR count). The summed E-state index contributed by atoms with van der Waals surface area (Å²) in [5.41, 5.74) is 0. The van der Waals surface area contributed by atoms with E-state index >= 15 is 0 Å². The van der Waals surface area contributed by atoms with Crippen molar-refractivity contribution in [3.63, 3.8) is 0 Å². The first-order valence-electron chi connectivity index (χ1n) is 4.81. The summed E-state index contributed by atoms with van der Waals surface area (Å²) < 4.78 is 0. The van der Waals surface area contributed by atoms with E-state index in [1.165, 1.54) is 32.4 Å². The molecule has 0 aromatic heterocycles. The highest BCUT2D eigenvalue weighted by molar-refractivity contribution is 4.81. The average molecular weight is 153 g/mol. The Morgan fingerprint density at radius 1 is 1.18 bits per heavy atom. The van der Waals surface area contributed by atoms with E-state index in [-0.39, 0.29) is 0 Å². The van der Waals surface area contributed by atoms with Crippen LogP contribution in [0.4, 0.5) is 0 Å². The van der Waals surface area contributed by atoms with Crippen molar-refractivity contribution in [2.45, 2.75) is 19.3 Å². The highest BCUT2D eigenvalue weighted by Crippen LogP contribution is 2.25. The third-order valence-electron chi connectivity index (χ3n) is 3.02. The van der Waals surface area contributed by atoms with Crippen molar-refractivity contribution in [1.82, 2.24) is 10.6 Å². The van der Waals surface area contributed by atoms with Crippen molar-refractivity contribution >= 4 is 0 Å². The van der Waals surface area contributed by atoms with Crippen LogP contribution in [0.5, 0.6) is 0 Å². The Morgan fingerprint density at radius 2 is 2.18 bits per heavy atom. The van der Waals surface area contributed by atoms with Crippen LogP contribution in [0.3, 0.4) is 0 Å². The number of nitrogens with zero attached hydrogens (tertiary/aromatic N) is 1. The molecule has 2 unspecified atom stereocenters. The second-order valence-corrected chi connectivity index (χ2v) is 3.78. The van der Waals surface area contributed by atoms with Crippen LogP contribution in [0.15, 0.2) is 0 Å². The molecule has 0 spiro atoms. The van der Waals surface area contributed by atoms with Crippen LogP contribution in [0.1, 0.15) is 19.3 Å². The van der Waals surface area contributed by atoms with Gasteiger partial charge in [0, 0.05) is 13.1 Å². The summed E-state index contributed by atoms with van der Waals surface area (Å²) in [6.07, 6.45) is 4.17. The Kier molecular flexibility index (Phi) is 2.44.